The number of nitrogens with one attached hydrogen (secondary N) is 1. The zero-order valence-electron chi connectivity index (χ0n) is 4.81. The van der Waals surface area contributed by atoms with Crippen LogP contribution in [0.15, 0.2) is 0 Å². The third kappa shape index (κ3) is 9.45. The van der Waals surface area contributed by atoms with E-state index in [1.807, 2.05) is 5.43 Å². The molecule has 0 spiro atoms. The van der Waals surface area contributed by atoms with Crippen LogP contribution in [0.4, 0.5) is 0 Å². The van der Waals surface area contributed by atoms with Crippen LogP contribution in [-0.2, 0) is 4.79 Å². The summed E-state index contributed by atoms with van der Waals surface area (Å²) in [5, 5.41) is 0. The van der Waals surface area contributed by atoms with Gasteiger partial charge in [-0.25, -0.2) is 5.84 Å². The topological polar surface area (TPSA) is 90.1 Å². The highest BCUT2D eigenvalue weighted by molar-refractivity contribution is 14.0. The van der Waals surface area contributed by atoms with Gasteiger partial charge in [0, 0.05) is 6.42 Å². The fraction of sp³-hybridized carbons (Fsp3) is 0.667. The number of rotatable bonds is 1. The maximum Gasteiger partial charge on any atom is 0.233 e. The lowest BCUT2D eigenvalue weighted by atomic mass is 10.5. The number of amides is 1. The van der Waals surface area contributed by atoms with Gasteiger partial charge >= 0.3 is 0 Å². The van der Waals surface area contributed by atoms with Crippen LogP contribution in [-0.4, -0.2) is 5.91 Å². The molecule has 5 heteroatoms. The summed E-state index contributed by atoms with van der Waals surface area (Å²) < 4.78 is 0. The lowest BCUT2D eigenvalue weighted by molar-refractivity contribution is -0.120. The highest BCUT2D eigenvalue weighted by Gasteiger charge is 1.85. The summed E-state index contributed by atoms with van der Waals surface area (Å²) in [4.78, 5) is 9.94. The van der Waals surface area contributed by atoms with Crippen molar-refractivity contribution in [3.63, 3.8) is 0 Å². The van der Waals surface area contributed by atoms with Crippen molar-refractivity contribution in [1.29, 1.82) is 0 Å². The van der Waals surface area contributed by atoms with Crippen molar-refractivity contribution < 1.29 is 4.79 Å². The van der Waals surface area contributed by atoms with Crippen molar-refractivity contribution >= 4 is 29.9 Å². The molecule has 0 saturated heterocycles. The second-order valence-corrected chi connectivity index (χ2v) is 0.921. The summed E-state index contributed by atoms with van der Waals surface area (Å²) in [5.74, 6) is 4.55. The van der Waals surface area contributed by atoms with E-state index in [4.69, 9.17) is 0 Å². The Morgan fingerprint density at radius 1 is 1.75 bits per heavy atom. The van der Waals surface area contributed by atoms with Crippen LogP contribution < -0.4 is 17.4 Å². The monoisotopic (exact) mass is 233 g/mol. The van der Waals surface area contributed by atoms with Crippen LogP contribution in [0.5, 0.6) is 0 Å². The molecular weight excluding hydrogens is 221 g/mol. The van der Waals surface area contributed by atoms with E-state index in [0.717, 1.165) is 0 Å². The molecule has 0 bridgehead atoms. The summed E-state index contributed by atoms with van der Waals surface area (Å²) in [6.07, 6.45) is 0.455. The fourth-order valence-electron chi connectivity index (χ4n) is 0.102. The first-order chi connectivity index (χ1) is 2.81. The van der Waals surface area contributed by atoms with Crippen molar-refractivity contribution in [3.05, 3.63) is 0 Å². The molecule has 0 radical (unpaired) electrons. The van der Waals surface area contributed by atoms with Gasteiger partial charge in [-0.1, -0.05) is 6.92 Å². The Hall–Kier alpha value is 0.120. The summed E-state index contributed by atoms with van der Waals surface area (Å²) in [6.45, 7) is 1.74. The van der Waals surface area contributed by atoms with Crippen LogP contribution in [0.2, 0.25) is 0 Å². The molecule has 0 unspecified atom stereocenters. The van der Waals surface area contributed by atoms with Crippen LogP contribution in [0, 0.1) is 0 Å². The quantitative estimate of drug-likeness (QED) is 0.261. The predicted octanol–water partition coefficient (Wildman–Crippen LogP) is 0.166. The van der Waals surface area contributed by atoms with Gasteiger partial charge in [-0.3, -0.25) is 10.2 Å². The minimum Gasteiger partial charge on any atom is -0.344 e. The Bertz CT molecular complexity index is 52.5. The van der Waals surface area contributed by atoms with E-state index in [1.165, 1.54) is 0 Å². The molecule has 0 aromatic carbocycles. The van der Waals surface area contributed by atoms with Crippen molar-refractivity contribution in [3.8, 4) is 0 Å². The van der Waals surface area contributed by atoms with Gasteiger partial charge in [-0.15, -0.1) is 24.0 Å². The zero-order valence-corrected chi connectivity index (χ0v) is 7.14. The minimum atomic E-state index is -0.130. The first-order valence-electron chi connectivity index (χ1n) is 1.80. The molecule has 0 saturated carbocycles. The molecule has 0 fully saturated rings. The summed E-state index contributed by atoms with van der Waals surface area (Å²) >= 11 is 0. The zero-order chi connectivity index (χ0) is 4.99. The minimum absolute atomic E-state index is 0. The van der Waals surface area contributed by atoms with E-state index in [9.17, 15) is 4.79 Å². The molecule has 8 heavy (non-hydrogen) atoms. The number of halogens is 1. The smallest absolute Gasteiger partial charge is 0.233 e. The van der Waals surface area contributed by atoms with Gasteiger partial charge in [-0.05, 0) is 0 Å². The molecule has 0 atom stereocenters. The average Bonchev–Trinajstić information content (AvgIpc) is 1.65. The largest absolute Gasteiger partial charge is 0.344 e. The van der Waals surface area contributed by atoms with Crippen molar-refractivity contribution in [2.24, 2.45) is 5.84 Å². The number of carbonyl (C=O) groups is 1. The molecule has 0 rings (SSSR count). The fourth-order valence-corrected chi connectivity index (χ4v) is 0.102. The molecule has 0 aliphatic heterocycles. The Kier molecular flexibility index (Phi) is 20.0. The van der Waals surface area contributed by atoms with Crippen LogP contribution >= 0.6 is 24.0 Å². The number of carbonyl (C=O) groups excluding carboxylic acids is 1. The molecule has 0 aliphatic rings. The van der Waals surface area contributed by atoms with Crippen molar-refractivity contribution in [2.75, 3.05) is 0 Å². The highest BCUT2D eigenvalue weighted by atomic mass is 127. The second kappa shape index (κ2) is 10.2. The summed E-state index contributed by atoms with van der Waals surface area (Å²) in [6, 6.07) is 0. The number of nitrogens with two attached hydrogens (primary N) is 1. The van der Waals surface area contributed by atoms with Gasteiger partial charge in [0.2, 0.25) is 5.91 Å². The van der Waals surface area contributed by atoms with E-state index < -0.39 is 0 Å². The second-order valence-electron chi connectivity index (χ2n) is 0.921. The molecular formula is C3H12IN3O. The molecule has 4 nitrogen and oxygen atoms in total. The Balaban J connectivity index is -0.000000125. The maximum absolute atomic E-state index is 9.94. The van der Waals surface area contributed by atoms with Gasteiger partial charge < -0.3 is 6.15 Å². The van der Waals surface area contributed by atoms with Gasteiger partial charge in [0.25, 0.3) is 0 Å². The van der Waals surface area contributed by atoms with Gasteiger partial charge in [0.15, 0.2) is 0 Å². The van der Waals surface area contributed by atoms with Crippen LogP contribution in [0.3, 0.4) is 0 Å². The molecule has 52 valence electrons. The lowest BCUT2D eigenvalue weighted by Crippen LogP contribution is -2.28. The molecule has 1 amide bonds. The van der Waals surface area contributed by atoms with Crippen LogP contribution in [0.1, 0.15) is 13.3 Å². The summed E-state index contributed by atoms with van der Waals surface area (Å²) in [7, 11) is 0. The van der Waals surface area contributed by atoms with E-state index in [0.29, 0.717) is 6.42 Å². The molecule has 0 aromatic heterocycles. The van der Waals surface area contributed by atoms with Gasteiger partial charge in [0.05, 0.1) is 0 Å². The molecule has 0 aliphatic carbocycles. The number of hydrogen-bond donors (Lipinski definition) is 3. The Morgan fingerprint density at radius 3 is 2.12 bits per heavy atom. The first kappa shape index (κ1) is 15.7. The molecule has 0 heterocycles. The average molecular weight is 233 g/mol. The van der Waals surface area contributed by atoms with E-state index >= 15 is 0 Å². The van der Waals surface area contributed by atoms with Crippen molar-refractivity contribution in [2.45, 2.75) is 13.3 Å². The number of hydrazine groups is 1. The standard InChI is InChI=1S/C3H8N2O.HI.H3N/c1-2-3(6)5-4;;/h2,4H2,1H3,(H,5,6);1H;1H3. The Morgan fingerprint density at radius 2 is 2.12 bits per heavy atom. The highest BCUT2D eigenvalue weighted by Crippen LogP contribution is 1.66. The summed E-state index contributed by atoms with van der Waals surface area (Å²) in [5.41, 5.74) is 1.98. The third-order valence-electron chi connectivity index (χ3n) is 0.482. The molecule has 6 N–H and O–H groups in total. The lowest BCUT2D eigenvalue weighted by Gasteiger charge is -1.87. The Labute approximate surface area is 65.8 Å². The van der Waals surface area contributed by atoms with Crippen LogP contribution in [0.25, 0.3) is 0 Å². The van der Waals surface area contributed by atoms with Crippen molar-refractivity contribution in [1.82, 2.24) is 11.6 Å². The third-order valence-corrected chi connectivity index (χ3v) is 0.482. The van der Waals surface area contributed by atoms with E-state index in [-0.39, 0.29) is 36.0 Å². The number of hydrogen-bond acceptors (Lipinski definition) is 3. The van der Waals surface area contributed by atoms with E-state index in [1.54, 1.807) is 6.92 Å². The SMILES string of the molecule is CCC(=O)NN.I.N. The molecule has 0 aromatic rings. The van der Waals surface area contributed by atoms with Gasteiger partial charge in [0.1, 0.15) is 0 Å². The first-order valence-corrected chi connectivity index (χ1v) is 1.80. The van der Waals surface area contributed by atoms with Gasteiger partial charge in [-0.2, -0.15) is 0 Å². The predicted molar refractivity (Wildman–Crippen MR) is 43.1 cm³/mol. The van der Waals surface area contributed by atoms with E-state index in [2.05, 4.69) is 5.84 Å². The normalized spacial score (nSPS) is 5.75. The maximum atomic E-state index is 9.94.